The molecule has 0 aromatic heterocycles. The fraction of sp³-hybridized carbons (Fsp3) is 0.280. The molecular weight excluding hydrogens is 368 g/mol. The Morgan fingerprint density at radius 3 is 2.07 bits per heavy atom. The second kappa shape index (κ2) is 8.44. The molecule has 0 saturated carbocycles. The summed E-state index contributed by atoms with van der Waals surface area (Å²) in [4.78, 5) is 2.31. The van der Waals surface area contributed by atoms with Crippen LogP contribution in [0.5, 0.6) is 0 Å². The van der Waals surface area contributed by atoms with Crippen LogP contribution >= 0.6 is 0 Å². The van der Waals surface area contributed by atoms with E-state index in [0.29, 0.717) is 17.7 Å². The Balaban J connectivity index is 1.69. The highest BCUT2D eigenvalue weighted by molar-refractivity contribution is 5.38. The number of hydrogen-bond acceptors (Lipinski definition) is 2. The molecule has 150 valence electrons. The molecular formula is C25H25F2NO. The molecule has 1 heterocycles. The van der Waals surface area contributed by atoms with Gasteiger partial charge in [-0.1, -0.05) is 54.6 Å². The lowest BCUT2D eigenvalue weighted by atomic mass is 9.72. The molecule has 1 atom stereocenters. The lowest BCUT2D eigenvalue weighted by molar-refractivity contribution is -0.0218. The smallest absolute Gasteiger partial charge is 0.123 e. The van der Waals surface area contributed by atoms with Gasteiger partial charge in [-0.15, -0.1) is 0 Å². The molecule has 0 spiro atoms. The van der Waals surface area contributed by atoms with E-state index >= 15 is 0 Å². The first kappa shape index (κ1) is 19.7. The SMILES string of the molecule is OC(c1cccc(F)c1)(c1cccc(F)c1)C1CCCN(Cc2ccccc2)C1. The van der Waals surface area contributed by atoms with Crippen molar-refractivity contribution in [3.63, 3.8) is 0 Å². The van der Waals surface area contributed by atoms with Crippen LogP contribution in [0.2, 0.25) is 0 Å². The zero-order valence-electron chi connectivity index (χ0n) is 16.3. The minimum atomic E-state index is -1.46. The van der Waals surface area contributed by atoms with Gasteiger partial charge >= 0.3 is 0 Å². The number of hydrogen-bond donors (Lipinski definition) is 1. The first-order valence-corrected chi connectivity index (χ1v) is 10.1. The predicted molar refractivity (Wildman–Crippen MR) is 110 cm³/mol. The van der Waals surface area contributed by atoms with Crippen LogP contribution < -0.4 is 0 Å². The maximum absolute atomic E-state index is 14.0. The Morgan fingerprint density at radius 1 is 0.862 bits per heavy atom. The average molecular weight is 393 g/mol. The molecule has 1 aliphatic heterocycles. The van der Waals surface area contributed by atoms with Gasteiger partial charge in [-0.3, -0.25) is 4.90 Å². The summed E-state index contributed by atoms with van der Waals surface area (Å²) in [6.45, 7) is 2.38. The van der Waals surface area contributed by atoms with Crippen molar-refractivity contribution in [3.8, 4) is 0 Å². The number of piperidine rings is 1. The van der Waals surface area contributed by atoms with E-state index in [1.165, 1.54) is 29.8 Å². The molecule has 0 radical (unpaired) electrons. The van der Waals surface area contributed by atoms with Gasteiger partial charge in [0, 0.05) is 19.0 Å². The van der Waals surface area contributed by atoms with Gasteiger partial charge in [-0.25, -0.2) is 8.78 Å². The number of halogens is 2. The zero-order valence-corrected chi connectivity index (χ0v) is 16.3. The molecule has 3 aromatic rings. The van der Waals surface area contributed by atoms with Gasteiger partial charge in [0.15, 0.2) is 0 Å². The van der Waals surface area contributed by atoms with Gasteiger partial charge in [-0.2, -0.15) is 0 Å². The van der Waals surface area contributed by atoms with Crippen LogP contribution in [-0.4, -0.2) is 23.1 Å². The van der Waals surface area contributed by atoms with Gasteiger partial charge in [0.1, 0.15) is 17.2 Å². The summed E-state index contributed by atoms with van der Waals surface area (Å²) in [6.07, 6.45) is 1.71. The maximum Gasteiger partial charge on any atom is 0.123 e. The third kappa shape index (κ3) is 4.24. The normalized spacial score (nSPS) is 18.0. The molecule has 2 nitrogen and oxygen atoms in total. The van der Waals surface area contributed by atoms with E-state index in [0.717, 1.165) is 25.9 Å². The maximum atomic E-state index is 14.0. The minimum Gasteiger partial charge on any atom is -0.380 e. The summed E-state index contributed by atoms with van der Waals surface area (Å²) in [5.74, 6) is -0.993. The second-order valence-electron chi connectivity index (χ2n) is 7.85. The van der Waals surface area contributed by atoms with Crippen molar-refractivity contribution in [3.05, 3.63) is 107 Å². The zero-order chi connectivity index (χ0) is 20.3. The summed E-state index contributed by atoms with van der Waals surface area (Å²) in [5.41, 5.74) is 0.692. The Morgan fingerprint density at radius 2 is 1.48 bits per heavy atom. The van der Waals surface area contributed by atoms with Crippen LogP contribution in [0.4, 0.5) is 8.78 Å². The Bertz CT molecular complexity index is 914. The second-order valence-corrected chi connectivity index (χ2v) is 7.85. The van der Waals surface area contributed by atoms with E-state index in [4.69, 9.17) is 0 Å². The van der Waals surface area contributed by atoms with Gasteiger partial charge in [0.25, 0.3) is 0 Å². The van der Waals surface area contributed by atoms with Crippen molar-refractivity contribution < 1.29 is 13.9 Å². The predicted octanol–water partition coefficient (Wildman–Crippen LogP) is 5.11. The fourth-order valence-electron chi connectivity index (χ4n) is 4.47. The molecule has 1 fully saturated rings. The van der Waals surface area contributed by atoms with Gasteiger partial charge in [0.05, 0.1) is 0 Å². The Kier molecular flexibility index (Phi) is 5.74. The lowest BCUT2D eigenvalue weighted by Crippen LogP contribution is -2.46. The topological polar surface area (TPSA) is 23.5 Å². The third-order valence-corrected chi connectivity index (χ3v) is 5.87. The van der Waals surface area contributed by atoms with E-state index in [1.807, 2.05) is 18.2 Å². The standard InChI is InChI=1S/C25H25F2NO/c26-23-12-4-9-20(15-23)25(29,21-10-5-13-24(27)16-21)22-11-6-14-28(18-22)17-19-7-2-1-3-8-19/h1-5,7-10,12-13,15-16,22,29H,6,11,14,17-18H2. The first-order chi connectivity index (χ1) is 14.1. The van der Waals surface area contributed by atoms with E-state index in [2.05, 4.69) is 17.0 Å². The summed E-state index contributed by atoms with van der Waals surface area (Å²) >= 11 is 0. The van der Waals surface area contributed by atoms with Crippen LogP contribution in [0.3, 0.4) is 0 Å². The van der Waals surface area contributed by atoms with Crippen molar-refractivity contribution in [1.82, 2.24) is 4.90 Å². The molecule has 3 aromatic carbocycles. The highest BCUT2D eigenvalue weighted by Crippen LogP contribution is 2.41. The van der Waals surface area contributed by atoms with E-state index in [-0.39, 0.29) is 5.92 Å². The van der Waals surface area contributed by atoms with Gasteiger partial charge in [-0.05, 0) is 60.3 Å². The number of benzene rings is 3. The van der Waals surface area contributed by atoms with Crippen molar-refractivity contribution in [2.45, 2.75) is 25.0 Å². The molecule has 0 amide bonds. The molecule has 1 saturated heterocycles. The van der Waals surface area contributed by atoms with E-state index in [1.54, 1.807) is 24.3 Å². The molecule has 0 aliphatic carbocycles. The van der Waals surface area contributed by atoms with Gasteiger partial charge in [0.2, 0.25) is 0 Å². The van der Waals surface area contributed by atoms with E-state index in [9.17, 15) is 13.9 Å². The van der Waals surface area contributed by atoms with Crippen LogP contribution in [0.15, 0.2) is 78.9 Å². The molecule has 29 heavy (non-hydrogen) atoms. The van der Waals surface area contributed by atoms with Crippen LogP contribution in [-0.2, 0) is 12.1 Å². The number of aliphatic hydroxyl groups is 1. The third-order valence-electron chi connectivity index (χ3n) is 5.87. The van der Waals surface area contributed by atoms with Crippen molar-refractivity contribution in [1.29, 1.82) is 0 Å². The lowest BCUT2D eigenvalue weighted by Gasteiger charge is -2.43. The largest absolute Gasteiger partial charge is 0.380 e. The monoisotopic (exact) mass is 393 g/mol. The van der Waals surface area contributed by atoms with Crippen LogP contribution in [0.25, 0.3) is 0 Å². The fourth-order valence-corrected chi connectivity index (χ4v) is 4.47. The van der Waals surface area contributed by atoms with E-state index < -0.39 is 17.2 Å². The highest BCUT2D eigenvalue weighted by Gasteiger charge is 2.42. The Labute approximate surface area is 170 Å². The van der Waals surface area contributed by atoms with Crippen LogP contribution in [0.1, 0.15) is 29.5 Å². The average Bonchev–Trinajstić information content (AvgIpc) is 2.74. The van der Waals surface area contributed by atoms with Crippen molar-refractivity contribution in [2.75, 3.05) is 13.1 Å². The number of likely N-dealkylation sites (tertiary alicyclic amines) is 1. The molecule has 4 heteroatoms. The molecule has 1 aliphatic rings. The summed E-state index contributed by atoms with van der Waals surface area (Å²) in [5, 5.41) is 12.0. The Hall–Kier alpha value is -2.56. The quantitative estimate of drug-likeness (QED) is 0.651. The van der Waals surface area contributed by atoms with Crippen LogP contribution in [0, 0.1) is 17.6 Å². The minimum absolute atomic E-state index is 0.177. The first-order valence-electron chi connectivity index (χ1n) is 10.1. The summed E-state index contributed by atoms with van der Waals surface area (Å²) < 4.78 is 28.1. The van der Waals surface area contributed by atoms with Crippen molar-refractivity contribution in [2.24, 2.45) is 5.92 Å². The molecule has 0 bridgehead atoms. The summed E-state index contributed by atoms with van der Waals surface area (Å²) in [7, 11) is 0. The summed E-state index contributed by atoms with van der Waals surface area (Å²) in [6, 6.07) is 22.3. The molecule has 1 N–H and O–H groups in total. The number of nitrogens with zero attached hydrogens (tertiary/aromatic N) is 1. The number of rotatable bonds is 5. The van der Waals surface area contributed by atoms with Crippen molar-refractivity contribution >= 4 is 0 Å². The molecule has 4 rings (SSSR count). The highest BCUT2D eigenvalue weighted by atomic mass is 19.1. The molecule has 1 unspecified atom stereocenters. The van der Waals surface area contributed by atoms with Gasteiger partial charge < -0.3 is 5.11 Å².